The third kappa shape index (κ3) is 2.96. The SMILES string of the molecule is CCCNCC1CC1c1ccc(OC)cc1OC. The second-order valence-electron chi connectivity index (χ2n) is 4.91. The molecule has 1 N–H and O–H groups in total. The topological polar surface area (TPSA) is 30.5 Å². The first-order valence-corrected chi connectivity index (χ1v) is 6.72. The quantitative estimate of drug-likeness (QED) is 0.754. The van der Waals surface area contributed by atoms with Crippen LogP contribution in [-0.4, -0.2) is 27.3 Å². The number of methoxy groups -OCH3 is 2. The van der Waals surface area contributed by atoms with Crippen molar-refractivity contribution < 1.29 is 9.47 Å². The maximum atomic E-state index is 5.46. The Labute approximate surface area is 109 Å². The molecule has 0 spiro atoms. The average Bonchev–Trinajstić information content (AvgIpc) is 3.17. The van der Waals surface area contributed by atoms with Gasteiger partial charge in [-0.2, -0.15) is 0 Å². The zero-order chi connectivity index (χ0) is 13.0. The molecule has 1 aliphatic carbocycles. The van der Waals surface area contributed by atoms with Gasteiger partial charge < -0.3 is 14.8 Å². The third-order valence-electron chi connectivity index (χ3n) is 3.60. The number of hydrogen-bond acceptors (Lipinski definition) is 3. The van der Waals surface area contributed by atoms with Crippen LogP contribution in [0.4, 0.5) is 0 Å². The summed E-state index contributed by atoms with van der Waals surface area (Å²) < 4.78 is 10.7. The molecule has 1 aromatic carbocycles. The standard InChI is InChI=1S/C15H23NO2/c1-4-7-16-10-11-8-14(11)13-6-5-12(17-2)9-15(13)18-3/h5-6,9,11,14,16H,4,7-8,10H2,1-3H3. The molecule has 1 aromatic rings. The van der Waals surface area contributed by atoms with Crippen molar-refractivity contribution in [3.8, 4) is 11.5 Å². The molecule has 100 valence electrons. The monoisotopic (exact) mass is 249 g/mol. The highest BCUT2D eigenvalue weighted by Gasteiger charge is 2.39. The summed E-state index contributed by atoms with van der Waals surface area (Å²) in [7, 11) is 3.41. The minimum atomic E-state index is 0.648. The summed E-state index contributed by atoms with van der Waals surface area (Å²) in [5.74, 6) is 3.23. The van der Waals surface area contributed by atoms with E-state index in [1.54, 1.807) is 14.2 Å². The highest BCUT2D eigenvalue weighted by molar-refractivity contribution is 5.45. The van der Waals surface area contributed by atoms with Crippen molar-refractivity contribution in [2.75, 3.05) is 27.3 Å². The lowest BCUT2D eigenvalue weighted by molar-refractivity contribution is 0.390. The summed E-state index contributed by atoms with van der Waals surface area (Å²) in [6, 6.07) is 6.14. The van der Waals surface area contributed by atoms with Crippen LogP contribution in [0.15, 0.2) is 18.2 Å². The molecule has 0 amide bonds. The third-order valence-corrected chi connectivity index (χ3v) is 3.60. The Kier molecular flexibility index (Phi) is 4.48. The molecule has 3 nitrogen and oxygen atoms in total. The van der Waals surface area contributed by atoms with Crippen LogP contribution in [0, 0.1) is 5.92 Å². The first kappa shape index (κ1) is 13.2. The minimum absolute atomic E-state index is 0.648. The highest BCUT2D eigenvalue weighted by Crippen LogP contribution is 2.50. The highest BCUT2D eigenvalue weighted by atomic mass is 16.5. The maximum absolute atomic E-state index is 5.46. The lowest BCUT2D eigenvalue weighted by Gasteiger charge is -2.10. The summed E-state index contributed by atoms with van der Waals surface area (Å²) in [6.45, 7) is 4.43. The lowest BCUT2D eigenvalue weighted by Crippen LogP contribution is -2.17. The predicted molar refractivity (Wildman–Crippen MR) is 73.6 cm³/mol. The summed E-state index contributed by atoms with van der Waals surface area (Å²) in [5, 5.41) is 3.49. The van der Waals surface area contributed by atoms with Crippen LogP contribution in [0.5, 0.6) is 11.5 Å². The van der Waals surface area contributed by atoms with E-state index >= 15 is 0 Å². The fraction of sp³-hybridized carbons (Fsp3) is 0.600. The van der Waals surface area contributed by atoms with Crippen molar-refractivity contribution in [1.29, 1.82) is 0 Å². The largest absolute Gasteiger partial charge is 0.497 e. The van der Waals surface area contributed by atoms with Crippen molar-refractivity contribution in [3.63, 3.8) is 0 Å². The molecular formula is C15H23NO2. The molecule has 2 atom stereocenters. The van der Waals surface area contributed by atoms with Gasteiger partial charge in [0.2, 0.25) is 0 Å². The van der Waals surface area contributed by atoms with E-state index in [1.165, 1.54) is 18.4 Å². The van der Waals surface area contributed by atoms with Crippen molar-refractivity contribution in [2.45, 2.75) is 25.7 Å². The Hall–Kier alpha value is -1.22. The molecule has 2 rings (SSSR count). The van der Waals surface area contributed by atoms with E-state index < -0.39 is 0 Å². The van der Waals surface area contributed by atoms with E-state index in [1.807, 2.05) is 12.1 Å². The van der Waals surface area contributed by atoms with Crippen LogP contribution in [0.25, 0.3) is 0 Å². The van der Waals surface area contributed by atoms with E-state index in [4.69, 9.17) is 9.47 Å². The number of benzene rings is 1. The molecule has 18 heavy (non-hydrogen) atoms. The summed E-state index contributed by atoms with van der Waals surface area (Å²) >= 11 is 0. The maximum Gasteiger partial charge on any atom is 0.126 e. The van der Waals surface area contributed by atoms with Crippen LogP contribution in [0.2, 0.25) is 0 Å². The lowest BCUT2D eigenvalue weighted by atomic mass is 10.1. The van der Waals surface area contributed by atoms with Crippen LogP contribution in [-0.2, 0) is 0 Å². The number of nitrogens with one attached hydrogen (secondary N) is 1. The van der Waals surface area contributed by atoms with Gasteiger partial charge in [-0.15, -0.1) is 0 Å². The van der Waals surface area contributed by atoms with Crippen LogP contribution in [0.3, 0.4) is 0 Å². The predicted octanol–water partition coefficient (Wildman–Crippen LogP) is 2.81. The van der Waals surface area contributed by atoms with E-state index in [-0.39, 0.29) is 0 Å². The van der Waals surface area contributed by atoms with E-state index in [2.05, 4.69) is 18.3 Å². The molecule has 0 heterocycles. The molecule has 1 aliphatic rings. The molecule has 1 saturated carbocycles. The van der Waals surface area contributed by atoms with Gasteiger partial charge in [0.25, 0.3) is 0 Å². The number of rotatable bonds is 7. The fourth-order valence-electron chi connectivity index (χ4n) is 2.44. The Morgan fingerprint density at radius 1 is 1.28 bits per heavy atom. The van der Waals surface area contributed by atoms with Gasteiger partial charge in [-0.25, -0.2) is 0 Å². The Morgan fingerprint density at radius 3 is 2.78 bits per heavy atom. The number of hydrogen-bond donors (Lipinski definition) is 1. The van der Waals surface area contributed by atoms with Crippen LogP contribution < -0.4 is 14.8 Å². The second-order valence-corrected chi connectivity index (χ2v) is 4.91. The van der Waals surface area contributed by atoms with Gasteiger partial charge >= 0.3 is 0 Å². The zero-order valence-corrected chi connectivity index (χ0v) is 11.5. The van der Waals surface area contributed by atoms with Gasteiger partial charge in [-0.3, -0.25) is 0 Å². The fourth-order valence-corrected chi connectivity index (χ4v) is 2.44. The molecule has 1 fully saturated rings. The van der Waals surface area contributed by atoms with Crippen molar-refractivity contribution in [3.05, 3.63) is 23.8 Å². The van der Waals surface area contributed by atoms with Gasteiger partial charge in [-0.05, 0) is 49.4 Å². The molecule has 0 saturated heterocycles. The van der Waals surface area contributed by atoms with Crippen molar-refractivity contribution in [1.82, 2.24) is 5.32 Å². The smallest absolute Gasteiger partial charge is 0.126 e. The van der Waals surface area contributed by atoms with Gasteiger partial charge in [0.15, 0.2) is 0 Å². The second kappa shape index (κ2) is 6.10. The first-order valence-electron chi connectivity index (χ1n) is 6.72. The van der Waals surface area contributed by atoms with Crippen molar-refractivity contribution in [2.24, 2.45) is 5.92 Å². The summed E-state index contributed by atoms with van der Waals surface area (Å²) in [5.41, 5.74) is 1.32. The zero-order valence-electron chi connectivity index (χ0n) is 11.5. The first-order chi connectivity index (χ1) is 8.80. The van der Waals surface area contributed by atoms with Gasteiger partial charge in [0.1, 0.15) is 11.5 Å². The van der Waals surface area contributed by atoms with Gasteiger partial charge in [0.05, 0.1) is 14.2 Å². The number of ether oxygens (including phenoxy) is 2. The van der Waals surface area contributed by atoms with Crippen molar-refractivity contribution >= 4 is 0 Å². The summed E-state index contributed by atoms with van der Waals surface area (Å²) in [4.78, 5) is 0. The van der Waals surface area contributed by atoms with E-state index in [0.29, 0.717) is 5.92 Å². The van der Waals surface area contributed by atoms with Crippen LogP contribution >= 0.6 is 0 Å². The van der Waals surface area contributed by atoms with E-state index in [0.717, 1.165) is 30.5 Å². The molecule has 3 heteroatoms. The average molecular weight is 249 g/mol. The molecule has 0 radical (unpaired) electrons. The Morgan fingerprint density at radius 2 is 2.11 bits per heavy atom. The Bertz CT molecular complexity index is 392. The Balaban J connectivity index is 1.98. The van der Waals surface area contributed by atoms with Gasteiger partial charge in [-0.1, -0.05) is 13.0 Å². The molecular weight excluding hydrogens is 226 g/mol. The normalized spacial score (nSPS) is 21.7. The summed E-state index contributed by atoms with van der Waals surface area (Å²) in [6.07, 6.45) is 2.46. The molecule has 0 aliphatic heterocycles. The molecule has 0 aromatic heterocycles. The molecule has 0 bridgehead atoms. The van der Waals surface area contributed by atoms with Crippen LogP contribution in [0.1, 0.15) is 31.2 Å². The molecule has 2 unspecified atom stereocenters. The van der Waals surface area contributed by atoms with E-state index in [9.17, 15) is 0 Å². The van der Waals surface area contributed by atoms with Gasteiger partial charge in [0, 0.05) is 6.07 Å². The minimum Gasteiger partial charge on any atom is -0.497 e.